The topological polar surface area (TPSA) is 82.0 Å². The van der Waals surface area contributed by atoms with Crippen LogP contribution in [0.4, 0.5) is 0 Å². The maximum Gasteiger partial charge on any atom is 0.121 e. The first-order valence-electron chi connectivity index (χ1n) is 17.1. The molecule has 0 spiro atoms. The van der Waals surface area contributed by atoms with Gasteiger partial charge in [0.2, 0.25) is 0 Å². The molecule has 0 heterocycles. The monoisotopic (exact) mass is 430 g/mol. The third-order valence-electron chi connectivity index (χ3n) is 3.86. The maximum absolute atomic E-state index is 10.7. The van der Waals surface area contributed by atoms with Gasteiger partial charge in [-0.05, 0) is 61.7 Å². The summed E-state index contributed by atoms with van der Waals surface area (Å²) in [7, 11) is 0. The fourth-order valence-electron chi connectivity index (χ4n) is 2.30. The number of ether oxygens (including phenoxy) is 1. The van der Waals surface area contributed by atoms with Crippen LogP contribution in [0.3, 0.4) is 0 Å². The highest BCUT2D eigenvalue weighted by Crippen LogP contribution is 2.22. The molecule has 5 nitrogen and oxygen atoms in total. The van der Waals surface area contributed by atoms with Crippen molar-refractivity contribution in [2.24, 2.45) is 0 Å². The Morgan fingerprint density at radius 3 is 2.67 bits per heavy atom. The molecular weight excluding hydrogens is 378 g/mol. The Kier molecular flexibility index (Phi) is 5.29. The number of benzene rings is 2. The Hall–Kier alpha value is -1.92. The molecule has 1 atom stereocenters. The normalized spacial score (nSPS) is 22.4. The second-order valence-corrected chi connectivity index (χ2v) is 6.15. The van der Waals surface area contributed by atoms with E-state index in [0.717, 1.165) is 12.1 Å². The van der Waals surface area contributed by atoms with Crippen molar-refractivity contribution in [3.63, 3.8) is 0 Å². The summed E-state index contributed by atoms with van der Waals surface area (Å²) in [6.07, 6.45) is -10.8. The summed E-state index contributed by atoms with van der Waals surface area (Å²) >= 11 is 0. The zero-order valence-electron chi connectivity index (χ0n) is 31.6. The van der Waals surface area contributed by atoms with Gasteiger partial charge in [-0.2, -0.15) is 0 Å². The van der Waals surface area contributed by atoms with E-state index in [1.807, 2.05) is 0 Å². The van der Waals surface area contributed by atoms with Gasteiger partial charge >= 0.3 is 0 Å². The summed E-state index contributed by atoms with van der Waals surface area (Å²) in [6, 6.07) is -2.16. The average molecular weight is 431 g/mol. The summed E-state index contributed by atoms with van der Waals surface area (Å²) in [5.41, 5.74) is -2.10. The molecule has 0 radical (unpaired) electrons. The molecule has 0 saturated carbocycles. The SMILES string of the molecule is [2H]c1cc([2H])c(C([2H])([2H])C([2H])([2H])C([2H])([2H])COCCCCCCNC([2H])([2H])C([2H])(O)c2c([2H])c([2H])c(O)c(CO)c2[2H])c([2H])c1. The highest BCUT2D eigenvalue weighted by molar-refractivity contribution is 5.36. The lowest BCUT2D eigenvalue weighted by atomic mass is 10.1. The van der Waals surface area contributed by atoms with Crippen LogP contribution in [-0.4, -0.2) is 41.6 Å². The molecule has 0 saturated heterocycles. The van der Waals surface area contributed by atoms with E-state index in [9.17, 15) is 15.3 Å². The van der Waals surface area contributed by atoms with Crippen LogP contribution in [0.15, 0.2) is 48.4 Å². The number of aliphatic hydroxyl groups excluding tert-OH is 1. The number of nitrogens with one attached hydrogen (secondary N) is 1. The van der Waals surface area contributed by atoms with Gasteiger partial charge in [-0.1, -0.05) is 49.1 Å². The maximum atomic E-state index is 10.7. The Morgan fingerprint density at radius 2 is 1.87 bits per heavy atom. The van der Waals surface area contributed by atoms with Crippen LogP contribution in [0.1, 0.15) is 81.8 Å². The minimum absolute atomic E-state index is 0.0255. The molecule has 1 unspecified atom stereocenters. The number of aliphatic hydroxyl groups is 2. The summed E-state index contributed by atoms with van der Waals surface area (Å²) < 4.78 is 126. The standard InChI is InChI=1S/C25H37NO4/c27-20-23-18-22(13-14-24(23)28)25(29)19-26-15-7-1-2-8-16-30-17-9-6-12-21-10-4-3-5-11-21/h3-5,10-11,13-14,18,25-29H,1-2,6-9,12,15-17,19-20H2/i3D,6D2,9D2,10D,11D,12D2,13D,14D,18D,19D2,25D. The van der Waals surface area contributed by atoms with Crippen LogP contribution in [0.2, 0.25) is 0 Å². The van der Waals surface area contributed by atoms with Crippen LogP contribution in [0.5, 0.6) is 5.75 Å². The highest BCUT2D eigenvalue weighted by Gasteiger charge is 2.09. The molecule has 0 amide bonds. The number of aromatic hydroxyl groups is 1. The Labute approximate surface area is 201 Å². The van der Waals surface area contributed by atoms with E-state index < -0.39 is 97.6 Å². The van der Waals surface area contributed by atoms with E-state index in [0.29, 0.717) is 25.7 Å². The molecule has 0 aliphatic rings. The summed E-state index contributed by atoms with van der Waals surface area (Å²) in [6.45, 7) is -4.77. The lowest BCUT2D eigenvalue weighted by molar-refractivity contribution is 0.126. The highest BCUT2D eigenvalue weighted by atomic mass is 16.5. The molecule has 2 rings (SSSR count). The van der Waals surface area contributed by atoms with Crippen molar-refractivity contribution in [3.8, 4) is 5.75 Å². The number of phenols is 1. The lowest BCUT2D eigenvalue weighted by Gasteiger charge is -2.14. The summed E-state index contributed by atoms with van der Waals surface area (Å²) in [4.78, 5) is 0. The van der Waals surface area contributed by atoms with Crippen molar-refractivity contribution in [1.29, 1.82) is 0 Å². The van der Waals surface area contributed by atoms with E-state index in [-0.39, 0.29) is 19.2 Å². The van der Waals surface area contributed by atoms with E-state index in [2.05, 4.69) is 5.32 Å². The fraction of sp³-hybridized carbons (Fsp3) is 0.520. The Morgan fingerprint density at radius 1 is 1.07 bits per heavy atom. The zero-order valence-corrected chi connectivity index (χ0v) is 16.6. The second kappa shape index (κ2) is 15.0. The molecule has 166 valence electrons. The first-order chi connectivity index (χ1) is 20.5. The van der Waals surface area contributed by atoms with Gasteiger partial charge in [0.1, 0.15) is 5.75 Å². The molecule has 0 fully saturated rings. The zero-order chi connectivity index (χ0) is 34.8. The number of hydrogen-bond donors (Lipinski definition) is 4. The lowest BCUT2D eigenvalue weighted by Crippen LogP contribution is -2.22. The van der Waals surface area contributed by atoms with Crippen molar-refractivity contribution < 1.29 is 40.6 Å². The van der Waals surface area contributed by atoms with Crippen LogP contribution in [-0.2, 0) is 17.7 Å². The average Bonchev–Trinajstić information content (AvgIpc) is 2.90. The smallest absolute Gasteiger partial charge is 0.121 e. The van der Waals surface area contributed by atoms with Crippen molar-refractivity contribution in [2.45, 2.75) is 57.5 Å². The van der Waals surface area contributed by atoms with Gasteiger partial charge in [0, 0.05) is 36.2 Å². The molecule has 30 heavy (non-hydrogen) atoms. The second-order valence-electron chi connectivity index (χ2n) is 6.15. The molecular formula is C25H37NO4. The Bertz CT molecular complexity index is 1330. The molecule has 0 bridgehead atoms. The number of hydrogen-bond acceptors (Lipinski definition) is 5. The molecule has 4 N–H and O–H groups in total. The van der Waals surface area contributed by atoms with Crippen molar-refractivity contribution >= 4 is 0 Å². The minimum Gasteiger partial charge on any atom is -0.508 e. The van der Waals surface area contributed by atoms with Gasteiger partial charge in [0.05, 0.1) is 22.3 Å². The molecule has 2 aromatic carbocycles. The fourth-order valence-corrected chi connectivity index (χ4v) is 2.30. The molecule has 5 heteroatoms. The van der Waals surface area contributed by atoms with Crippen LogP contribution >= 0.6 is 0 Å². The summed E-state index contributed by atoms with van der Waals surface area (Å²) in [5.74, 6) is -0.873. The first kappa shape index (κ1) is 10.6. The third kappa shape index (κ3) is 9.72. The molecule has 0 aromatic heterocycles. The first-order valence-corrected chi connectivity index (χ1v) is 9.56. The van der Waals surface area contributed by atoms with Crippen LogP contribution in [0, 0.1) is 0 Å². The van der Waals surface area contributed by atoms with Crippen LogP contribution < -0.4 is 5.32 Å². The number of rotatable bonds is 16. The Balaban J connectivity index is 1.89. The van der Waals surface area contributed by atoms with Crippen molar-refractivity contribution in [1.82, 2.24) is 5.32 Å². The largest absolute Gasteiger partial charge is 0.508 e. The molecule has 0 aliphatic heterocycles. The van der Waals surface area contributed by atoms with Crippen LogP contribution in [0.25, 0.3) is 0 Å². The van der Waals surface area contributed by atoms with E-state index in [1.165, 1.54) is 0 Å². The minimum atomic E-state index is -3.24. The summed E-state index contributed by atoms with van der Waals surface area (Å²) in [5, 5.41) is 32.4. The van der Waals surface area contributed by atoms with Gasteiger partial charge in [0.15, 0.2) is 0 Å². The van der Waals surface area contributed by atoms with Gasteiger partial charge < -0.3 is 25.4 Å². The van der Waals surface area contributed by atoms with E-state index in [1.54, 1.807) is 0 Å². The molecule has 2 aromatic rings. The quantitative estimate of drug-likeness (QED) is 0.301. The van der Waals surface area contributed by atoms with Crippen molar-refractivity contribution in [3.05, 3.63) is 65.1 Å². The van der Waals surface area contributed by atoms with E-state index >= 15 is 0 Å². The predicted molar refractivity (Wildman–Crippen MR) is 121 cm³/mol. The van der Waals surface area contributed by atoms with Gasteiger partial charge in [0.25, 0.3) is 0 Å². The molecule has 0 aliphatic carbocycles. The third-order valence-corrected chi connectivity index (χ3v) is 3.86. The van der Waals surface area contributed by atoms with Crippen molar-refractivity contribution in [2.75, 3.05) is 26.3 Å². The van der Waals surface area contributed by atoms with E-state index in [4.69, 9.17) is 25.3 Å². The predicted octanol–water partition coefficient (Wildman–Crippen LogP) is 4.11. The number of unbranched alkanes of at least 4 members (excludes halogenated alkanes) is 3. The van der Waals surface area contributed by atoms with Gasteiger partial charge in [-0.25, -0.2) is 0 Å². The van der Waals surface area contributed by atoms with Gasteiger partial charge in [-0.15, -0.1) is 0 Å². The van der Waals surface area contributed by atoms with Gasteiger partial charge in [-0.3, -0.25) is 0 Å².